The summed E-state index contributed by atoms with van der Waals surface area (Å²) in [5, 5.41) is 8.79. The van der Waals surface area contributed by atoms with Crippen LogP contribution in [0.4, 0.5) is 0 Å². The molecule has 1 rings (SSSR count). The highest BCUT2D eigenvalue weighted by molar-refractivity contribution is 4.88. The molecular formula is C8H14N2O. The molecule has 1 heterocycles. The van der Waals surface area contributed by atoms with E-state index in [-0.39, 0.29) is 6.61 Å². The van der Waals surface area contributed by atoms with Gasteiger partial charge in [0.25, 0.3) is 0 Å². The summed E-state index contributed by atoms with van der Waals surface area (Å²) in [6, 6.07) is 0. The molecule has 1 aromatic rings. The monoisotopic (exact) mass is 154 g/mol. The van der Waals surface area contributed by atoms with E-state index in [1.54, 1.807) is 6.20 Å². The van der Waals surface area contributed by atoms with Gasteiger partial charge in [0.2, 0.25) is 0 Å². The molecular weight excluding hydrogens is 140 g/mol. The van der Waals surface area contributed by atoms with Crippen molar-refractivity contribution in [2.24, 2.45) is 5.92 Å². The van der Waals surface area contributed by atoms with E-state index in [2.05, 4.69) is 4.98 Å². The van der Waals surface area contributed by atoms with E-state index in [1.807, 2.05) is 24.6 Å². The molecule has 1 N–H and O–H groups in total. The van der Waals surface area contributed by atoms with Crippen LogP contribution in [0.3, 0.4) is 0 Å². The number of nitrogens with zero attached hydrogens (tertiary/aromatic N) is 2. The van der Waals surface area contributed by atoms with Gasteiger partial charge in [0, 0.05) is 25.5 Å². The third-order valence-electron chi connectivity index (χ3n) is 1.74. The van der Waals surface area contributed by atoms with Gasteiger partial charge in [0.15, 0.2) is 0 Å². The Morgan fingerprint density at radius 1 is 1.73 bits per heavy atom. The number of aliphatic hydroxyl groups is 1. The molecule has 0 aliphatic heterocycles. The lowest BCUT2D eigenvalue weighted by molar-refractivity contribution is 0.222. The molecule has 0 aliphatic carbocycles. The van der Waals surface area contributed by atoms with Gasteiger partial charge in [-0.25, -0.2) is 4.98 Å². The Hall–Kier alpha value is -0.830. The maximum Gasteiger partial charge on any atom is 0.105 e. The minimum atomic E-state index is 0.234. The zero-order valence-electron chi connectivity index (χ0n) is 6.99. The largest absolute Gasteiger partial charge is 0.396 e. The van der Waals surface area contributed by atoms with E-state index >= 15 is 0 Å². The summed E-state index contributed by atoms with van der Waals surface area (Å²) in [4.78, 5) is 4.09. The fraction of sp³-hybridized carbons (Fsp3) is 0.625. The van der Waals surface area contributed by atoms with Gasteiger partial charge in [-0.1, -0.05) is 6.92 Å². The Morgan fingerprint density at radius 2 is 2.45 bits per heavy atom. The van der Waals surface area contributed by atoms with E-state index in [4.69, 9.17) is 5.11 Å². The minimum absolute atomic E-state index is 0.234. The quantitative estimate of drug-likeness (QED) is 0.700. The third kappa shape index (κ3) is 2.05. The first kappa shape index (κ1) is 8.27. The van der Waals surface area contributed by atoms with Crippen molar-refractivity contribution in [1.82, 2.24) is 9.55 Å². The van der Waals surface area contributed by atoms with Crippen LogP contribution < -0.4 is 0 Å². The van der Waals surface area contributed by atoms with Crippen LogP contribution in [-0.2, 0) is 6.54 Å². The predicted octanol–water partition coefficient (Wildman–Crippen LogP) is 0.820. The molecule has 0 saturated carbocycles. The Labute approximate surface area is 66.7 Å². The average molecular weight is 154 g/mol. The summed E-state index contributed by atoms with van der Waals surface area (Å²) >= 11 is 0. The summed E-state index contributed by atoms with van der Waals surface area (Å²) in [5.74, 6) is 1.31. The van der Waals surface area contributed by atoms with Crippen LogP contribution in [0, 0.1) is 12.8 Å². The molecule has 1 atom stereocenters. The van der Waals surface area contributed by atoms with E-state index in [0.717, 1.165) is 12.4 Å². The van der Waals surface area contributed by atoms with Gasteiger partial charge in [-0.3, -0.25) is 0 Å². The third-order valence-corrected chi connectivity index (χ3v) is 1.74. The normalized spacial score (nSPS) is 13.4. The van der Waals surface area contributed by atoms with Gasteiger partial charge >= 0.3 is 0 Å². The van der Waals surface area contributed by atoms with Crippen molar-refractivity contribution in [1.29, 1.82) is 0 Å². The number of aliphatic hydroxyl groups excluding tert-OH is 1. The van der Waals surface area contributed by atoms with Crippen LogP contribution in [-0.4, -0.2) is 21.3 Å². The van der Waals surface area contributed by atoms with Crippen molar-refractivity contribution in [3.8, 4) is 0 Å². The molecule has 0 amide bonds. The van der Waals surface area contributed by atoms with Crippen molar-refractivity contribution >= 4 is 0 Å². The first-order chi connectivity index (χ1) is 5.24. The van der Waals surface area contributed by atoms with Gasteiger partial charge in [-0.2, -0.15) is 0 Å². The molecule has 3 nitrogen and oxygen atoms in total. The number of hydrogen-bond acceptors (Lipinski definition) is 2. The average Bonchev–Trinajstić information content (AvgIpc) is 2.37. The smallest absolute Gasteiger partial charge is 0.105 e. The molecule has 1 unspecified atom stereocenters. The van der Waals surface area contributed by atoms with Crippen molar-refractivity contribution in [3.05, 3.63) is 18.2 Å². The lowest BCUT2D eigenvalue weighted by Gasteiger charge is -2.09. The molecule has 0 spiro atoms. The Bertz CT molecular complexity index is 220. The van der Waals surface area contributed by atoms with Crippen LogP contribution in [0.5, 0.6) is 0 Å². The van der Waals surface area contributed by atoms with Gasteiger partial charge < -0.3 is 9.67 Å². The highest BCUT2D eigenvalue weighted by Crippen LogP contribution is 2.01. The van der Waals surface area contributed by atoms with Crippen LogP contribution in [0.15, 0.2) is 12.4 Å². The summed E-state index contributed by atoms with van der Waals surface area (Å²) < 4.78 is 2.04. The van der Waals surface area contributed by atoms with Crippen LogP contribution in [0.1, 0.15) is 12.7 Å². The summed E-state index contributed by atoms with van der Waals surface area (Å²) in [5.41, 5.74) is 0. The fourth-order valence-corrected chi connectivity index (χ4v) is 0.990. The topological polar surface area (TPSA) is 38.0 Å². The SMILES string of the molecule is Cc1nccn1CC(C)CO. The number of aromatic nitrogens is 2. The molecule has 0 fully saturated rings. The van der Waals surface area contributed by atoms with Crippen LogP contribution in [0.2, 0.25) is 0 Å². The second kappa shape index (κ2) is 3.53. The van der Waals surface area contributed by atoms with Crippen LogP contribution >= 0.6 is 0 Å². The number of hydrogen-bond donors (Lipinski definition) is 1. The summed E-state index contributed by atoms with van der Waals surface area (Å²) in [6.07, 6.45) is 3.71. The Balaban J connectivity index is 2.56. The highest BCUT2D eigenvalue weighted by atomic mass is 16.3. The van der Waals surface area contributed by atoms with Crippen molar-refractivity contribution in [2.45, 2.75) is 20.4 Å². The summed E-state index contributed by atoms with van der Waals surface area (Å²) in [6.45, 7) is 5.06. The second-order valence-electron chi connectivity index (χ2n) is 2.91. The zero-order valence-corrected chi connectivity index (χ0v) is 6.99. The molecule has 0 aromatic carbocycles. The lowest BCUT2D eigenvalue weighted by atomic mass is 10.2. The van der Waals surface area contributed by atoms with Crippen molar-refractivity contribution < 1.29 is 5.11 Å². The second-order valence-corrected chi connectivity index (χ2v) is 2.91. The number of rotatable bonds is 3. The number of aryl methyl sites for hydroxylation is 1. The predicted molar refractivity (Wildman–Crippen MR) is 43.2 cm³/mol. The van der Waals surface area contributed by atoms with Gasteiger partial charge in [-0.15, -0.1) is 0 Å². The highest BCUT2D eigenvalue weighted by Gasteiger charge is 2.02. The maximum absolute atomic E-state index is 8.79. The van der Waals surface area contributed by atoms with Gasteiger partial charge in [0.05, 0.1) is 0 Å². The molecule has 0 saturated heterocycles. The van der Waals surface area contributed by atoms with Crippen molar-refractivity contribution in [2.75, 3.05) is 6.61 Å². The van der Waals surface area contributed by atoms with Crippen LogP contribution in [0.25, 0.3) is 0 Å². The van der Waals surface area contributed by atoms with E-state index in [1.165, 1.54) is 0 Å². The standard InChI is InChI=1S/C8H14N2O/c1-7(6-11)5-10-4-3-9-8(10)2/h3-4,7,11H,5-6H2,1-2H3. The Kier molecular flexibility index (Phi) is 2.65. The fourth-order valence-electron chi connectivity index (χ4n) is 0.990. The molecule has 0 aliphatic rings. The zero-order chi connectivity index (χ0) is 8.27. The molecule has 62 valence electrons. The molecule has 11 heavy (non-hydrogen) atoms. The summed E-state index contributed by atoms with van der Waals surface area (Å²) in [7, 11) is 0. The first-order valence-corrected chi connectivity index (χ1v) is 3.82. The minimum Gasteiger partial charge on any atom is -0.396 e. The van der Waals surface area contributed by atoms with E-state index < -0.39 is 0 Å². The van der Waals surface area contributed by atoms with E-state index in [9.17, 15) is 0 Å². The maximum atomic E-state index is 8.79. The molecule has 1 aromatic heterocycles. The van der Waals surface area contributed by atoms with Gasteiger partial charge in [-0.05, 0) is 12.8 Å². The Morgan fingerprint density at radius 3 is 2.91 bits per heavy atom. The first-order valence-electron chi connectivity index (χ1n) is 3.82. The molecule has 3 heteroatoms. The number of imidazole rings is 1. The molecule has 0 radical (unpaired) electrons. The lowest BCUT2D eigenvalue weighted by Crippen LogP contribution is -2.11. The van der Waals surface area contributed by atoms with Gasteiger partial charge in [0.1, 0.15) is 5.82 Å². The van der Waals surface area contributed by atoms with E-state index in [0.29, 0.717) is 5.92 Å². The van der Waals surface area contributed by atoms with Crippen molar-refractivity contribution in [3.63, 3.8) is 0 Å². The molecule has 0 bridgehead atoms.